The van der Waals surface area contributed by atoms with Crippen LogP contribution < -0.4 is 5.32 Å². The van der Waals surface area contributed by atoms with Crippen molar-refractivity contribution in [1.29, 1.82) is 0 Å². The van der Waals surface area contributed by atoms with Crippen LogP contribution in [0.5, 0.6) is 0 Å². The van der Waals surface area contributed by atoms with Crippen molar-refractivity contribution in [2.24, 2.45) is 5.92 Å². The molecule has 2 unspecified atom stereocenters. The van der Waals surface area contributed by atoms with Crippen LogP contribution in [-0.4, -0.2) is 21.2 Å². The Balaban J connectivity index is 1.79. The number of aromatic nitrogens is 3. The molecule has 1 aromatic heterocycles. The van der Waals surface area contributed by atoms with E-state index in [0.29, 0.717) is 6.04 Å². The molecule has 2 N–H and O–H groups in total. The van der Waals surface area contributed by atoms with Crippen LogP contribution in [0.25, 0.3) is 0 Å². The predicted octanol–water partition coefficient (Wildman–Crippen LogP) is 1.47. The lowest BCUT2D eigenvalue weighted by atomic mass is 9.86. The number of H-pyrrole nitrogens is 1. The van der Waals surface area contributed by atoms with E-state index in [1.165, 1.54) is 25.7 Å². The third kappa shape index (κ3) is 2.32. The number of hydrogen-bond acceptors (Lipinski definition) is 3. The fraction of sp³-hybridized carbons (Fsp3) is 0.800. The standard InChI is InChI=1S/C10H18N4/c1-8-4-2-3-5-9(8)11-6-10-12-7-13-14-10/h7-9,11H,2-6H2,1H3,(H,12,13,14). The molecule has 0 amide bonds. The monoisotopic (exact) mass is 194 g/mol. The van der Waals surface area contributed by atoms with Crippen LogP contribution in [0, 0.1) is 5.92 Å². The highest BCUT2D eigenvalue weighted by atomic mass is 15.2. The molecule has 1 heterocycles. The van der Waals surface area contributed by atoms with Gasteiger partial charge in [-0.05, 0) is 18.8 Å². The van der Waals surface area contributed by atoms with Gasteiger partial charge in [-0.3, -0.25) is 5.10 Å². The molecule has 0 radical (unpaired) electrons. The summed E-state index contributed by atoms with van der Waals surface area (Å²) in [4.78, 5) is 4.10. The van der Waals surface area contributed by atoms with Crippen LogP contribution in [0.3, 0.4) is 0 Å². The van der Waals surface area contributed by atoms with E-state index in [4.69, 9.17) is 0 Å². The van der Waals surface area contributed by atoms with Crippen molar-refractivity contribution in [3.63, 3.8) is 0 Å². The molecule has 1 fully saturated rings. The van der Waals surface area contributed by atoms with Gasteiger partial charge in [0.05, 0.1) is 6.54 Å². The summed E-state index contributed by atoms with van der Waals surface area (Å²) >= 11 is 0. The molecule has 1 aromatic rings. The highest BCUT2D eigenvalue weighted by Gasteiger charge is 2.20. The Kier molecular flexibility index (Phi) is 3.14. The minimum Gasteiger partial charge on any atom is -0.307 e. The number of nitrogens with zero attached hydrogens (tertiary/aromatic N) is 2. The van der Waals surface area contributed by atoms with Gasteiger partial charge in [0.2, 0.25) is 0 Å². The van der Waals surface area contributed by atoms with E-state index in [2.05, 4.69) is 27.4 Å². The van der Waals surface area contributed by atoms with Gasteiger partial charge in [0.15, 0.2) is 0 Å². The third-order valence-corrected chi connectivity index (χ3v) is 3.11. The van der Waals surface area contributed by atoms with E-state index < -0.39 is 0 Å². The molecule has 4 heteroatoms. The molecule has 1 aliphatic rings. The van der Waals surface area contributed by atoms with Gasteiger partial charge in [-0.25, -0.2) is 4.98 Å². The molecule has 0 bridgehead atoms. The first-order chi connectivity index (χ1) is 6.86. The summed E-state index contributed by atoms with van der Waals surface area (Å²) in [6.45, 7) is 3.15. The quantitative estimate of drug-likeness (QED) is 0.766. The highest BCUT2D eigenvalue weighted by Crippen LogP contribution is 2.23. The molecular weight excluding hydrogens is 176 g/mol. The lowest BCUT2D eigenvalue weighted by Gasteiger charge is -2.29. The van der Waals surface area contributed by atoms with Crippen LogP contribution in [0.2, 0.25) is 0 Å². The smallest absolute Gasteiger partial charge is 0.138 e. The molecule has 1 aliphatic carbocycles. The second-order valence-corrected chi connectivity index (χ2v) is 4.18. The van der Waals surface area contributed by atoms with Crippen LogP contribution in [0.1, 0.15) is 38.4 Å². The van der Waals surface area contributed by atoms with E-state index in [1.807, 2.05) is 0 Å². The Hall–Kier alpha value is -0.900. The number of nitrogens with one attached hydrogen (secondary N) is 2. The Bertz CT molecular complexity index is 257. The molecule has 78 valence electrons. The van der Waals surface area contributed by atoms with E-state index in [-0.39, 0.29) is 0 Å². The van der Waals surface area contributed by atoms with Crippen LogP contribution >= 0.6 is 0 Å². The molecule has 4 nitrogen and oxygen atoms in total. The van der Waals surface area contributed by atoms with Gasteiger partial charge in [-0.15, -0.1) is 0 Å². The van der Waals surface area contributed by atoms with Gasteiger partial charge in [0.1, 0.15) is 12.2 Å². The van der Waals surface area contributed by atoms with Gasteiger partial charge in [0.25, 0.3) is 0 Å². The molecule has 0 spiro atoms. The SMILES string of the molecule is CC1CCCCC1NCc1ncn[nH]1. The zero-order valence-electron chi connectivity index (χ0n) is 8.66. The maximum Gasteiger partial charge on any atom is 0.138 e. The Morgan fingerprint density at radius 3 is 3.07 bits per heavy atom. The summed E-state index contributed by atoms with van der Waals surface area (Å²) in [7, 11) is 0. The van der Waals surface area contributed by atoms with Gasteiger partial charge in [-0.1, -0.05) is 19.8 Å². The minimum absolute atomic E-state index is 0.661. The third-order valence-electron chi connectivity index (χ3n) is 3.11. The van der Waals surface area contributed by atoms with Crippen molar-refractivity contribution in [2.75, 3.05) is 0 Å². The molecule has 0 saturated heterocycles. The van der Waals surface area contributed by atoms with Crippen molar-refractivity contribution in [3.05, 3.63) is 12.2 Å². The molecule has 2 atom stereocenters. The molecule has 1 saturated carbocycles. The van der Waals surface area contributed by atoms with Crippen LogP contribution in [0.4, 0.5) is 0 Å². The molecule has 14 heavy (non-hydrogen) atoms. The van der Waals surface area contributed by atoms with Crippen LogP contribution in [0.15, 0.2) is 6.33 Å². The summed E-state index contributed by atoms with van der Waals surface area (Å²) in [5, 5.41) is 10.2. The maximum absolute atomic E-state index is 4.10. The van der Waals surface area contributed by atoms with Gasteiger partial charge in [0, 0.05) is 6.04 Å². The summed E-state index contributed by atoms with van der Waals surface area (Å²) in [5.74, 6) is 1.73. The number of hydrogen-bond donors (Lipinski definition) is 2. The topological polar surface area (TPSA) is 53.6 Å². The molecule has 0 aromatic carbocycles. The molecule has 0 aliphatic heterocycles. The van der Waals surface area contributed by atoms with Gasteiger partial charge < -0.3 is 5.32 Å². The van der Waals surface area contributed by atoms with E-state index in [1.54, 1.807) is 6.33 Å². The van der Waals surface area contributed by atoms with E-state index >= 15 is 0 Å². The first-order valence-corrected chi connectivity index (χ1v) is 5.44. The first-order valence-electron chi connectivity index (χ1n) is 5.44. The Morgan fingerprint density at radius 1 is 1.50 bits per heavy atom. The Labute approximate surface area is 84.5 Å². The summed E-state index contributed by atoms with van der Waals surface area (Å²) < 4.78 is 0. The largest absolute Gasteiger partial charge is 0.307 e. The average Bonchev–Trinajstić information content (AvgIpc) is 2.69. The zero-order chi connectivity index (χ0) is 9.80. The summed E-state index contributed by atoms with van der Waals surface area (Å²) in [6.07, 6.45) is 6.96. The lowest BCUT2D eigenvalue weighted by molar-refractivity contribution is 0.278. The predicted molar refractivity (Wildman–Crippen MR) is 54.6 cm³/mol. The van der Waals surface area contributed by atoms with Gasteiger partial charge in [-0.2, -0.15) is 5.10 Å². The van der Waals surface area contributed by atoms with Crippen molar-refractivity contribution in [1.82, 2.24) is 20.5 Å². The summed E-state index contributed by atoms with van der Waals surface area (Å²) in [6, 6.07) is 0.661. The fourth-order valence-electron chi connectivity index (χ4n) is 2.16. The zero-order valence-corrected chi connectivity index (χ0v) is 8.66. The minimum atomic E-state index is 0.661. The van der Waals surface area contributed by atoms with E-state index in [9.17, 15) is 0 Å². The summed E-state index contributed by atoms with van der Waals surface area (Å²) in [5.41, 5.74) is 0. The highest BCUT2D eigenvalue weighted by molar-refractivity contribution is 4.83. The lowest BCUT2D eigenvalue weighted by Crippen LogP contribution is -2.36. The fourth-order valence-corrected chi connectivity index (χ4v) is 2.16. The Morgan fingerprint density at radius 2 is 2.36 bits per heavy atom. The van der Waals surface area contributed by atoms with Gasteiger partial charge >= 0.3 is 0 Å². The van der Waals surface area contributed by atoms with Crippen LogP contribution in [-0.2, 0) is 6.54 Å². The normalized spacial score (nSPS) is 27.8. The first kappa shape index (κ1) is 9.65. The molecular formula is C10H18N4. The average molecular weight is 194 g/mol. The van der Waals surface area contributed by atoms with Crippen molar-refractivity contribution < 1.29 is 0 Å². The van der Waals surface area contributed by atoms with Crippen molar-refractivity contribution in [2.45, 2.75) is 45.2 Å². The second kappa shape index (κ2) is 4.55. The number of aromatic amines is 1. The second-order valence-electron chi connectivity index (χ2n) is 4.18. The molecule has 2 rings (SSSR count). The van der Waals surface area contributed by atoms with Crippen molar-refractivity contribution in [3.8, 4) is 0 Å². The maximum atomic E-state index is 4.10. The van der Waals surface area contributed by atoms with Crippen molar-refractivity contribution >= 4 is 0 Å². The van der Waals surface area contributed by atoms with E-state index in [0.717, 1.165) is 18.3 Å². The number of rotatable bonds is 3.